The zero-order valence-electron chi connectivity index (χ0n) is 15.9. The highest BCUT2D eigenvalue weighted by Crippen LogP contribution is 2.28. The van der Waals surface area contributed by atoms with Gasteiger partial charge in [0, 0.05) is 43.6 Å². The Kier molecular flexibility index (Phi) is 8.17. The maximum absolute atomic E-state index is 5.56. The number of ether oxygens (including phenoxy) is 1. The number of rotatable bonds is 6. The minimum absolute atomic E-state index is 0.170. The van der Waals surface area contributed by atoms with Crippen LogP contribution < -0.4 is 10.6 Å². The first-order valence-electron chi connectivity index (χ1n) is 9.43. The van der Waals surface area contributed by atoms with Crippen LogP contribution in [0.4, 0.5) is 0 Å². The summed E-state index contributed by atoms with van der Waals surface area (Å²) in [4.78, 5) is 6.82. The van der Waals surface area contributed by atoms with Crippen molar-refractivity contribution in [3.8, 4) is 0 Å². The van der Waals surface area contributed by atoms with Crippen LogP contribution in [0.3, 0.4) is 0 Å². The molecule has 0 radical (unpaired) electrons. The molecule has 2 rings (SSSR count). The highest BCUT2D eigenvalue weighted by molar-refractivity contribution is 7.99. The predicted octanol–water partition coefficient (Wildman–Crippen LogP) is 2.33. The molecular formula is C18H36N4OS. The lowest BCUT2D eigenvalue weighted by molar-refractivity contribution is -0.00503. The number of guanidine groups is 1. The minimum atomic E-state index is 0.170. The molecule has 24 heavy (non-hydrogen) atoms. The Morgan fingerprint density at radius 3 is 2.67 bits per heavy atom. The van der Waals surface area contributed by atoms with E-state index in [-0.39, 0.29) is 5.54 Å². The van der Waals surface area contributed by atoms with Gasteiger partial charge in [-0.25, -0.2) is 0 Å². The van der Waals surface area contributed by atoms with Crippen molar-refractivity contribution in [3.63, 3.8) is 0 Å². The number of nitrogens with zero attached hydrogens (tertiary/aromatic N) is 2. The van der Waals surface area contributed by atoms with E-state index in [1.165, 1.54) is 31.4 Å². The molecule has 5 nitrogen and oxygen atoms in total. The molecule has 0 aromatic heterocycles. The first-order chi connectivity index (χ1) is 11.6. The molecule has 2 atom stereocenters. The van der Waals surface area contributed by atoms with Gasteiger partial charge in [-0.1, -0.05) is 13.3 Å². The van der Waals surface area contributed by atoms with E-state index in [1.807, 2.05) is 7.05 Å². The average Bonchev–Trinajstić information content (AvgIpc) is 2.60. The Hall–Kier alpha value is -0.460. The minimum Gasteiger partial charge on any atom is -0.381 e. The average molecular weight is 357 g/mol. The molecule has 0 bridgehead atoms. The van der Waals surface area contributed by atoms with Crippen LogP contribution in [0.25, 0.3) is 0 Å². The Morgan fingerprint density at radius 2 is 2.04 bits per heavy atom. The SMILES string of the molecule is CCSC1CCCC(NC(=NC)NCC2(N(C)C)CCOCC2)C1. The van der Waals surface area contributed by atoms with Gasteiger partial charge in [-0.2, -0.15) is 11.8 Å². The maximum atomic E-state index is 5.56. The third-order valence-electron chi connectivity index (χ3n) is 5.55. The smallest absolute Gasteiger partial charge is 0.191 e. The third-order valence-corrected chi connectivity index (χ3v) is 6.78. The topological polar surface area (TPSA) is 48.9 Å². The van der Waals surface area contributed by atoms with Gasteiger partial charge >= 0.3 is 0 Å². The van der Waals surface area contributed by atoms with Gasteiger partial charge < -0.3 is 20.3 Å². The first-order valence-corrected chi connectivity index (χ1v) is 10.5. The maximum Gasteiger partial charge on any atom is 0.191 e. The molecule has 2 N–H and O–H groups in total. The lowest BCUT2D eigenvalue weighted by atomic mass is 9.88. The van der Waals surface area contributed by atoms with Crippen LogP contribution in [0.5, 0.6) is 0 Å². The highest BCUT2D eigenvalue weighted by Gasteiger charge is 2.35. The molecule has 2 fully saturated rings. The van der Waals surface area contributed by atoms with Gasteiger partial charge in [0.25, 0.3) is 0 Å². The summed E-state index contributed by atoms with van der Waals surface area (Å²) in [6.07, 6.45) is 7.35. The van der Waals surface area contributed by atoms with Gasteiger partial charge in [0.2, 0.25) is 0 Å². The molecule has 0 aromatic carbocycles. The molecule has 0 aromatic rings. The van der Waals surface area contributed by atoms with E-state index < -0.39 is 0 Å². The van der Waals surface area contributed by atoms with Gasteiger partial charge in [0.05, 0.1) is 0 Å². The fourth-order valence-electron chi connectivity index (χ4n) is 3.83. The molecular weight excluding hydrogens is 320 g/mol. The van der Waals surface area contributed by atoms with E-state index in [1.54, 1.807) is 0 Å². The van der Waals surface area contributed by atoms with Crippen LogP contribution in [0.2, 0.25) is 0 Å². The van der Waals surface area contributed by atoms with E-state index in [9.17, 15) is 0 Å². The van der Waals surface area contributed by atoms with Crippen LogP contribution in [0, 0.1) is 0 Å². The van der Waals surface area contributed by atoms with E-state index >= 15 is 0 Å². The first kappa shape index (κ1) is 19.9. The Balaban J connectivity index is 1.85. The fraction of sp³-hybridized carbons (Fsp3) is 0.944. The second-order valence-electron chi connectivity index (χ2n) is 7.24. The standard InChI is InChI=1S/C18H36N4OS/c1-5-24-16-8-6-7-15(13-16)21-17(19-2)20-14-18(22(3)4)9-11-23-12-10-18/h15-16H,5-14H2,1-4H3,(H2,19,20,21). The molecule has 1 aliphatic heterocycles. The van der Waals surface area contributed by atoms with Crippen LogP contribution >= 0.6 is 11.8 Å². The largest absolute Gasteiger partial charge is 0.381 e. The molecule has 1 heterocycles. The molecule has 6 heteroatoms. The molecule has 1 aliphatic carbocycles. The van der Waals surface area contributed by atoms with Crippen molar-refractivity contribution in [1.29, 1.82) is 0 Å². The van der Waals surface area contributed by atoms with Crippen LogP contribution in [-0.4, -0.2) is 74.3 Å². The number of hydrogen-bond acceptors (Lipinski definition) is 4. The second kappa shape index (κ2) is 9.88. The Morgan fingerprint density at radius 1 is 1.29 bits per heavy atom. The van der Waals surface area contributed by atoms with Crippen molar-refractivity contribution < 1.29 is 4.74 Å². The van der Waals surface area contributed by atoms with Crippen molar-refractivity contribution in [1.82, 2.24) is 15.5 Å². The number of hydrogen-bond donors (Lipinski definition) is 2. The molecule has 0 spiro atoms. The summed E-state index contributed by atoms with van der Waals surface area (Å²) in [5.41, 5.74) is 0.170. The molecule has 0 amide bonds. The third kappa shape index (κ3) is 5.53. The normalized spacial score (nSPS) is 28.0. The summed E-state index contributed by atoms with van der Waals surface area (Å²) in [5.74, 6) is 2.17. The van der Waals surface area contributed by atoms with Gasteiger partial charge in [-0.05, 0) is 52.0 Å². The quantitative estimate of drug-likeness (QED) is 0.565. The van der Waals surface area contributed by atoms with Crippen molar-refractivity contribution in [2.75, 3.05) is 46.7 Å². The van der Waals surface area contributed by atoms with E-state index in [4.69, 9.17) is 4.74 Å². The van der Waals surface area contributed by atoms with Crippen molar-refractivity contribution in [2.24, 2.45) is 4.99 Å². The molecule has 1 saturated heterocycles. The summed E-state index contributed by atoms with van der Waals surface area (Å²) >= 11 is 2.11. The van der Waals surface area contributed by atoms with E-state index in [0.29, 0.717) is 6.04 Å². The van der Waals surface area contributed by atoms with Gasteiger partial charge in [0.15, 0.2) is 5.96 Å². The second-order valence-corrected chi connectivity index (χ2v) is 8.82. The van der Waals surface area contributed by atoms with Gasteiger partial charge in [-0.15, -0.1) is 0 Å². The zero-order chi connectivity index (χ0) is 17.4. The van der Waals surface area contributed by atoms with Gasteiger partial charge in [0.1, 0.15) is 0 Å². The Bertz CT molecular complexity index is 394. The summed E-state index contributed by atoms with van der Waals surface area (Å²) in [5, 5.41) is 8.06. The van der Waals surface area contributed by atoms with Gasteiger partial charge in [-0.3, -0.25) is 4.99 Å². The van der Waals surface area contributed by atoms with Crippen molar-refractivity contribution >= 4 is 17.7 Å². The van der Waals surface area contributed by atoms with E-state index in [0.717, 1.165) is 43.8 Å². The lowest BCUT2D eigenvalue weighted by Crippen LogP contribution is -2.57. The zero-order valence-corrected chi connectivity index (χ0v) is 16.8. The summed E-state index contributed by atoms with van der Waals surface area (Å²) < 4.78 is 5.56. The lowest BCUT2D eigenvalue weighted by Gasteiger charge is -2.43. The van der Waals surface area contributed by atoms with Crippen LogP contribution in [0.1, 0.15) is 45.4 Å². The molecule has 140 valence electrons. The number of likely N-dealkylation sites (N-methyl/N-ethyl adjacent to an activating group) is 1. The predicted molar refractivity (Wildman–Crippen MR) is 105 cm³/mol. The van der Waals surface area contributed by atoms with Crippen LogP contribution in [0.15, 0.2) is 4.99 Å². The monoisotopic (exact) mass is 356 g/mol. The number of nitrogens with one attached hydrogen (secondary N) is 2. The Labute approximate surface area is 152 Å². The number of aliphatic imine (C=N–C) groups is 1. The summed E-state index contributed by atoms with van der Waals surface area (Å²) in [6, 6.07) is 0.555. The molecule has 1 saturated carbocycles. The fourth-order valence-corrected chi connectivity index (χ4v) is 5.01. The summed E-state index contributed by atoms with van der Waals surface area (Å²) in [6.45, 7) is 4.88. The molecule has 2 aliphatic rings. The van der Waals surface area contributed by atoms with E-state index in [2.05, 4.69) is 53.3 Å². The van der Waals surface area contributed by atoms with Crippen LogP contribution in [-0.2, 0) is 4.74 Å². The molecule has 2 unspecified atom stereocenters. The van der Waals surface area contributed by atoms with Crippen molar-refractivity contribution in [2.45, 2.75) is 62.3 Å². The highest BCUT2D eigenvalue weighted by atomic mass is 32.2. The summed E-state index contributed by atoms with van der Waals surface area (Å²) in [7, 11) is 6.23. The van der Waals surface area contributed by atoms with Crippen molar-refractivity contribution in [3.05, 3.63) is 0 Å². The number of thioether (sulfide) groups is 1.